The number of sulfonamides is 1. The highest BCUT2D eigenvalue weighted by Crippen LogP contribution is 2.25. The van der Waals surface area contributed by atoms with E-state index in [9.17, 15) is 31.2 Å². The van der Waals surface area contributed by atoms with Crippen LogP contribution in [0.25, 0.3) is 10.9 Å². The van der Waals surface area contributed by atoms with Gasteiger partial charge in [0.05, 0.1) is 11.8 Å². The third kappa shape index (κ3) is 10.4. The number of halogens is 3. The van der Waals surface area contributed by atoms with E-state index in [0.29, 0.717) is 43.9 Å². The molecule has 0 saturated carbocycles. The fourth-order valence-electron chi connectivity index (χ4n) is 4.82. The van der Waals surface area contributed by atoms with Crippen LogP contribution in [0.15, 0.2) is 54.6 Å². The van der Waals surface area contributed by atoms with Gasteiger partial charge in [0.25, 0.3) is 5.91 Å². The average molecular weight is 655 g/mol. The Morgan fingerprint density at radius 3 is 2.24 bits per heavy atom. The fraction of sp³-hybridized carbons (Fsp3) is 0.379. The summed E-state index contributed by atoms with van der Waals surface area (Å²) >= 11 is 0. The summed E-state index contributed by atoms with van der Waals surface area (Å²) in [7, 11) is -3.30. The van der Waals surface area contributed by atoms with Crippen molar-refractivity contribution in [3.05, 3.63) is 71.4 Å². The first-order chi connectivity index (χ1) is 21.1. The average Bonchev–Trinajstić information content (AvgIpc) is 2.99. The smallest absolute Gasteiger partial charge is 0.489 e. The Labute approximate surface area is 257 Å². The van der Waals surface area contributed by atoms with E-state index < -0.39 is 34.1 Å². The Bertz CT molecular complexity index is 1610. The van der Waals surface area contributed by atoms with Crippen molar-refractivity contribution in [2.75, 3.05) is 19.3 Å². The third-order valence-electron chi connectivity index (χ3n) is 7.07. The standard InChI is InChI=1S/C27H32N4O6S.C2HF3O2/c1-18-15-21(23-5-3-4-6-24(23)28-18)17-37-22-9-7-20(8-10-22)27(33)29-25(16-26(32)30-34)19-11-13-31(14-12-19)38(2,35)36;3-2(4,5)1(6)7/h3-10,15,19,25,34H,11-14,16-17H2,1-2H3,(H,29,33)(H,30,32);(H,6,7). The number of piperidine rings is 1. The quantitative estimate of drug-likeness (QED) is 0.199. The molecule has 0 radical (unpaired) electrons. The van der Waals surface area contributed by atoms with Crippen molar-refractivity contribution in [3.63, 3.8) is 0 Å². The van der Waals surface area contributed by atoms with Crippen LogP contribution in [0.5, 0.6) is 5.75 Å². The number of ether oxygens (including phenoxy) is 1. The number of carboxylic acid groups (broad SMARTS) is 1. The first-order valence-corrected chi connectivity index (χ1v) is 15.5. The molecule has 1 fully saturated rings. The van der Waals surface area contributed by atoms with Crippen molar-refractivity contribution in [1.82, 2.24) is 20.1 Å². The third-order valence-corrected chi connectivity index (χ3v) is 8.37. The number of hydroxylamine groups is 1. The summed E-state index contributed by atoms with van der Waals surface area (Å²) in [6.45, 7) is 2.92. The highest BCUT2D eigenvalue weighted by molar-refractivity contribution is 7.88. The van der Waals surface area contributed by atoms with E-state index in [4.69, 9.17) is 19.8 Å². The lowest BCUT2D eigenvalue weighted by atomic mass is 9.88. The monoisotopic (exact) mass is 654 g/mol. The molecule has 0 spiro atoms. The number of benzene rings is 2. The van der Waals surface area contributed by atoms with Gasteiger partial charge in [-0.05, 0) is 62.1 Å². The Kier molecular flexibility index (Phi) is 11.8. The van der Waals surface area contributed by atoms with Gasteiger partial charge in [-0.3, -0.25) is 19.8 Å². The van der Waals surface area contributed by atoms with Gasteiger partial charge in [0, 0.05) is 47.8 Å². The topological polar surface area (TPSA) is 175 Å². The number of aryl methyl sites for hydroxylation is 1. The number of para-hydroxylation sites is 1. The molecule has 1 unspecified atom stereocenters. The van der Waals surface area contributed by atoms with Crippen LogP contribution < -0.4 is 15.5 Å². The van der Waals surface area contributed by atoms with Gasteiger partial charge in [-0.15, -0.1) is 0 Å². The molecule has 0 bridgehead atoms. The minimum Gasteiger partial charge on any atom is -0.489 e. The van der Waals surface area contributed by atoms with Crippen molar-refractivity contribution in [3.8, 4) is 5.75 Å². The number of carbonyl (C=O) groups excluding carboxylic acids is 2. The zero-order valence-electron chi connectivity index (χ0n) is 24.4. The summed E-state index contributed by atoms with van der Waals surface area (Å²) in [4.78, 5) is 38.4. The van der Waals surface area contributed by atoms with Crippen LogP contribution in [0.4, 0.5) is 13.2 Å². The van der Waals surface area contributed by atoms with Crippen LogP contribution in [0.2, 0.25) is 0 Å². The van der Waals surface area contributed by atoms with Crippen molar-refractivity contribution in [1.29, 1.82) is 0 Å². The largest absolute Gasteiger partial charge is 0.490 e. The molecule has 2 aromatic carbocycles. The normalized spacial score (nSPS) is 15.0. The molecule has 1 aliphatic rings. The minimum atomic E-state index is -5.08. The van der Waals surface area contributed by atoms with E-state index in [1.54, 1.807) is 29.7 Å². The number of nitrogens with zero attached hydrogens (tertiary/aromatic N) is 2. The summed E-state index contributed by atoms with van der Waals surface area (Å²) in [5.74, 6) is -3.26. The SMILES string of the molecule is Cc1cc(COc2ccc(C(=O)NC(CC(=O)NO)C3CCN(S(C)(=O)=O)CC3)cc2)c2ccccc2n1.O=C(O)C(F)(F)F. The van der Waals surface area contributed by atoms with Gasteiger partial charge in [-0.2, -0.15) is 13.2 Å². The Balaban J connectivity index is 0.000000707. The van der Waals surface area contributed by atoms with E-state index in [0.717, 1.165) is 22.2 Å². The van der Waals surface area contributed by atoms with Gasteiger partial charge in [0.2, 0.25) is 15.9 Å². The Hall–Kier alpha value is -4.28. The van der Waals surface area contributed by atoms with Gasteiger partial charge in [0.1, 0.15) is 12.4 Å². The number of fused-ring (bicyclic) bond motifs is 1. The predicted octanol–water partition coefficient (Wildman–Crippen LogP) is 3.42. The number of pyridine rings is 1. The molecule has 0 aliphatic carbocycles. The molecule has 4 N–H and O–H groups in total. The van der Waals surface area contributed by atoms with Crippen molar-refractivity contribution in [2.45, 2.75) is 45.0 Å². The van der Waals surface area contributed by atoms with Crippen LogP contribution in [-0.2, 0) is 26.2 Å². The number of carboxylic acids is 1. The summed E-state index contributed by atoms with van der Waals surface area (Å²) in [5.41, 5.74) is 4.83. The maximum absolute atomic E-state index is 13.0. The maximum atomic E-state index is 13.0. The molecule has 1 aliphatic heterocycles. The molecule has 12 nitrogen and oxygen atoms in total. The van der Waals surface area contributed by atoms with Gasteiger partial charge in [-0.25, -0.2) is 23.0 Å². The number of nitrogens with one attached hydrogen (secondary N) is 2. The van der Waals surface area contributed by atoms with E-state index in [1.807, 2.05) is 37.3 Å². The lowest BCUT2D eigenvalue weighted by Gasteiger charge is -2.35. The summed E-state index contributed by atoms with van der Waals surface area (Å²) in [6, 6.07) is 16.0. The van der Waals surface area contributed by atoms with Crippen LogP contribution in [-0.4, -0.2) is 77.4 Å². The predicted molar refractivity (Wildman–Crippen MR) is 156 cm³/mol. The first-order valence-electron chi connectivity index (χ1n) is 13.7. The second-order valence-electron chi connectivity index (χ2n) is 10.4. The number of aliphatic carboxylic acids is 1. The second kappa shape index (κ2) is 15.1. The van der Waals surface area contributed by atoms with Gasteiger partial charge >= 0.3 is 12.1 Å². The number of aromatic nitrogens is 1. The Morgan fingerprint density at radius 2 is 1.69 bits per heavy atom. The number of hydrogen-bond donors (Lipinski definition) is 4. The molecule has 2 amide bonds. The Morgan fingerprint density at radius 1 is 1.09 bits per heavy atom. The van der Waals surface area contributed by atoms with Crippen LogP contribution in [0, 0.1) is 12.8 Å². The highest BCUT2D eigenvalue weighted by atomic mass is 32.2. The summed E-state index contributed by atoms with van der Waals surface area (Å²) in [6.07, 6.45) is -3.05. The molecule has 1 atom stereocenters. The van der Waals surface area contributed by atoms with Crippen molar-refractivity contribution < 1.29 is 51.0 Å². The zero-order valence-corrected chi connectivity index (χ0v) is 25.2. The molecule has 1 aromatic heterocycles. The van der Waals surface area contributed by atoms with Gasteiger partial charge in [-0.1, -0.05) is 18.2 Å². The lowest BCUT2D eigenvalue weighted by molar-refractivity contribution is -0.192. The van der Waals surface area contributed by atoms with Gasteiger partial charge < -0.3 is 15.2 Å². The molecule has 244 valence electrons. The number of rotatable bonds is 9. The lowest BCUT2D eigenvalue weighted by Crippen LogP contribution is -2.48. The van der Waals surface area contributed by atoms with Crippen LogP contribution >= 0.6 is 0 Å². The van der Waals surface area contributed by atoms with E-state index in [-0.39, 0.29) is 18.2 Å². The molecule has 45 heavy (non-hydrogen) atoms. The van der Waals surface area contributed by atoms with E-state index in [1.165, 1.54) is 10.6 Å². The molecular weight excluding hydrogens is 621 g/mol. The fourth-order valence-corrected chi connectivity index (χ4v) is 5.69. The molecule has 3 aromatic rings. The summed E-state index contributed by atoms with van der Waals surface area (Å²) in [5, 5.41) is 20.0. The maximum Gasteiger partial charge on any atom is 0.490 e. The molecule has 2 heterocycles. The number of carbonyl (C=O) groups is 3. The van der Waals surface area contributed by atoms with Crippen LogP contribution in [0.3, 0.4) is 0 Å². The molecule has 4 rings (SSSR count). The highest BCUT2D eigenvalue weighted by Gasteiger charge is 2.38. The second-order valence-corrected chi connectivity index (χ2v) is 12.4. The molecule has 16 heteroatoms. The first kappa shape index (κ1) is 35.2. The number of hydrogen-bond acceptors (Lipinski definition) is 8. The molecular formula is C29H33F3N4O8S. The van der Waals surface area contributed by atoms with Crippen molar-refractivity contribution >= 4 is 38.7 Å². The van der Waals surface area contributed by atoms with Crippen molar-refractivity contribution in [2.24, 2.45) is 5.92 Å². The zero-order chi connectivity index (χ0) is 33.4. The number of amides is 2. The van der Waals surface area contributed by atoms with Crippen LogP contribution in [0.1, 0.15) is 40.9 Å². The van der Waals surface area contributed by atoms with Gasteiger partial charge in [0.15, 0.2) is 0 Å². The summed E-state index contributed by atoms with van der Waals surface area (Å²) < 4.78 is 62.8. The molecule has 1 saturated heterocycles. The van der Waals surface area contributed by atoms with E-state index >= 15 is 0 Å². The number of alkyl halides is 3. The minimum absolute atomic E-state index is 0.115. The van der Waals surface area contributed by atoms with E-state index in [2.05, 4.69) is 10.3 Å².